The van der Waals surface area contributed by atoms with Crippen LogP contribution in [-0.2, 0) is 0 Å². The Labute approximate surface area is 133 Å². The number of aromatic nitrogens is 1. The topological polar surface area (TPSA) is 90.4 Å². The Morgan fingerprint density at radius 3 is 2.65 bits per heavy atom. The Morgan fingerprint density at radius 2 is 1.96 bits per heavy atom. The van der Waals surface area contributed by atoms with Crippen LogP contribution in [0.15, 0.2) is 48.1 Å². The molecular weight excluding hydrogens is 294 g/mol. The lowest BCUT2D eigenvalue weighted by atomic mass is 9.84. The molecule has 0 aliphatic carbocycles. The smallest absolute Gasteiger partial charge is 0.205 e. The van der Waals surface area contributed by atoms with Crippen molar-refractivity contribution in [1.29, 1.82) is 5.26 Å². The van der Waals surface area contributed by atoms with Gasteiger partial charge in [-0.15, -0.1) is 0 Å². The molecule has 1 aliphatic heterocycles. The minimum Gasteiger partial charge on any atom is -0.497 e. The molecule has 0 amide bonds. The van der Waals surface area contributed by atoms with Gasteiger partial charge in [0.1, 0.15) is 28.9 Å². The first-order chi connectivity index (χ1) is 11.2. The van der Waals surface area contributed by atoms with Gasteiger partial charge in [0.05, 0.1) is 26.3 Å². The van der Waals surface area contributed by atoms with Crippen molar-refractivity contribution in [2.45, 2.75) is 5.92 Å². The molecule has 1 aromatic carbocycles. The Kier molecular flexibility index (Phi) is 3.77. The molecule has 2 heterocycles. The van der Waals surface area contributed by atoms with E-state index in [4.69, 9.17) is 19.9 Å². The first-order valence-corrected chi connectivity index (χ1v) is 6.92. The maximum atomic E-state index is 9.50. The maximum Gasteiger partial charge on any atom is 0.205 e. The lowest BCUT2D eigenvalue weighted by Crippen LogP contribution is -2.21. The average molecular weight is 309 g/mol. The van der Waals surface area contributed by atoms with Crippen LogP contribution in [0.2, 0.25) is 0 Å². The number of fused-ring (bicyclic) bond motifs is 1. The second-order valence-corrected chi connectivity index (χ2v) is 4.99. The number of methoxy groups -OCH3 is 2. The highest BCUT2D eigenvalue weighted by atomic mass is 16.5. The van der Waals surface area contributed by atoms with E-state index in [0.717, 1.165) is 11.1 Å². The van der Waals surface area contributed by atoms with Crippen molar-refractivity contribution >= 4 is 0 Å². The van der Waals surface area contributed by atoms with E-state index in [1.54, 1.807) is 32.7 Å². The van der Waals surface area contributed by atoms with Crippen LogP contribution in [0.5, 0.6) is 17.2 Å². The van der Waals surface area contributed by atoms with Crippen LogP contribution in [0, 0.1) is 11.3 Å². The maximum absolute atomic E-state index is 9.50. The van der Waals surface area contributed by atoms with E-state index < -0.39 is 0 Å². The van der Waals surface area contributed by atoms with Gasteiger partial charge in [-0.25, -0.2) is 0 Å². The summed E-state index contributed by atoms with van der Waals surface area (Å²) in [6.45, 7) is 0. The minimum absolute atomic E-state index is 0.0843. The van der Waals surface area contributed by atoms with Gasteiger partial charge in [0, 0.05) is 17.8 Å². The van der Waals surface area contributed by atoms with Gasteiger partial charge in [-0.3, -0.25) is 4.98 Å². The normalized spacial score (nSPS) is 16.1. The number of allylic oxidation sites excluding steroid dienone is 1. The number of hydrogen-bond donors (Lipinski definition) is 1. The zero-order valence-electron chi connectivity index (χ0n) is 12.7. The molecule has 1 aliphatic rings. The van der Waals surface area contributed by atoms with E-state index in [0.29, 0.717) is 22.8 Å². The van der Waals surface area contributed by atoms with Crippen LogP contribution >= 0.6 is 0 Å². The number of nitrogens with two attached hydrogens (primary N) is 1. The van der Waals surface area contributed by atoms with Crippen molar-refractivity contribution in [3.63, 3.8) is 0 Å². The lowest BCUT2D eigenvalue weighted by Gasteiger charge is -2.26. The number of pyridine rings is 1. The van der Waals surface area contributed by atoms with Crippen molar-refractivity contribution < 1.29 is 14.2 Å². The van der Waals surface area contributed by atoms with Crippen molar-refractivity contribution in [2.75, 3.05) is 14.2 Å². The fraction of sp³-hybridized carbons (Fsp3) is 0.176. The fourth-order valence-electron chi connectivity index (χ4n) is 2.61. The summed E-state index contributed by atoms with van der Waals surface area (Å²) in [4.78, 5) is 4.17. The Bertz CT molecular complexity index is 824. The third-order valence-electron chi connectivity index (χ3n) is 3.73. The molecule has 1 unspecified atom stereocenters. The summed E-state index contributed by atoms with van der Waals surface area (Å²) in [6, 6.07) is 9.40. The van der Waals surface area contributed by atoms with Crippen LogP contribution in [0.1, 0.15) is 17.0 Å². The van der Waals surface area contributed by atoms with Crippen molar-refractivity contribution in [2.24, 2.45) is 5.73 Å². The molecule has 6 nitrogen and oxygen atoms in total. The zero-order valence-corrected chi connectivity index (χ0v) is 12.7. The predicted molar refractivity (Wildman–Crippen MR) is 83.1 cm³/mol. The van der Waals surface area contributed by atoms with Crippen LogP contribution < -0.4 is 19.9 Å². The number of benzene rings is 1. The standard InChI is InChI=1S/C17H15N3O3/c1-21-11-3-4-13-15(6-11)23-17(19)14(7-18)16(13)10-5-12(22-2)9-20-8-10/h3-6,8-9,16H,19H2,1-2H3. The molecule has 0 saturated carbocycles. The van der Waals surface area contributed by atoms with Crippen molar-refractivity contribution in [3.8, 4) is 23.3 Å². The van der Waals surface area contributed by atoms with E-state index in [9.17, 15) is 5.26 Å². The van der Waals surface area contributed by atoms with Gasteiger partial charge in [0.15, 0.2) is 0 Å². The third-order valence-corrected chi connectivity index (χ3v) is 3.73. The summed E-state index contributed by atoms with van der Waals surface area (Å²) in [7, 11) is 3.15. The molecule has 6 heteroatoms. The van der Waals surface area contributed by atoms with Crippen LogP contribution in [-0.4, -0.2) is 19.2 Å². The van der Waals surface area contributed by atoms with Gasteiger partial charge < -0.3 is 19.9 Å². The van der Waals surface area contributed by atoms with Gasteiger partial charge >= 0.3 is 0 Å². The van der Waals surface area contributed by atoms with Crippen LogP contribution in [0.25, 0.3) is 0 Å². The fourth-order valence-corrected chi connectivity index (χ4v) is 2.61. The molecule has 3 rings (SSSR count). The number of rotatable bonds is 3. The summed E-state index contributed by atoms with van der Waals surface area (Å²) in [6.07, 6.45) is 3.30. The SMILES string of the molecule is COc1cncc(C2C(C#N)=C(N)Oc3cc(OC)ccc32)c1. The molecule has 2 N–H and O–H groups in total. The zero-order chi connectivity index (χ0) is 16.4. The predicted octanol–water partition coefficient (Wildman–Crippen LogP) is 2.32. The van der Waals surface area contributed by atoms with Crippen molar-refractivity contribution in [1.82, 2.24) is 4.98 Å². The molecular formula is C17H15N3O3. The number of hydrogen-bond acceptors (Lipinski definition) is 6. The minimum atomic E-state index is -0.364. The molecule has 0 bridgehead atoms. The molecule has 0 fully saturated rings. The first-order valence-electron chi connectivity index (χ1n) is 6.92. The number of nitriles is 1. The largest absolute Gasteiger partial charge is 0.497 e. The molecule has 2 aromatic rings. The van der Waals surface area contributed by atoms with E-state index in [2.05, 4.69) is 11.1 Å². The molecule has 1 atom stereocenters. The van der Waals surface area contributed by atoms with Gasteiger partial charge in [-0.1, -0.05) is 6.07 Å². The number of ether oxygens (including phenoxy) is 3. The van der Waals surface area contributed by atoms with E-state index >= 15 is 0 Å². The van der Waals surface area contributed by atoms with Gasteiger partial charge in [0.25, 0.3) is 0 Å². The third kappa shape index (κ3) is 2.53. The summed E-state index contributed by atoms with van der Waals surface area (Å²) in [5.74, 6) is 1.55. The lowest BCUT2D eigenvalue weighted by molar-refractivity contribution is 0.380. The average Bonchev–Trinajstić information content (AvgIpc) is 2.59. The van der Waals surface area contributed by atoms with Crippen molar-refractivity contribution in [3.05, 3.63) is 59.2 Å². The second-order valence-electron chi connectivity index (χ2n) is 4.99. The monoisotopic (exact) mass is 309 g/mol. The Balaban J connectivity index is 2.19. The second kappa shape index (κ2) is 5.89. The molecule has 1 aromatic heterocycles. The molecule has 0 spiro atoms. The molecule has 23 heavy (non-hydrogen) atoms. The summed E-state index contributed by atoms with van der Waals surface area (Å²) in [5, 5.41) is 9.50. The Hall–Kier alpha value is -3.20. The summed E-state index contributed by atoms with van der Waals surface area (Å²) >= 11 is 0. The summed E-state index contributed by atoms with van der Waals surface area (Å²) in [5.41, 5.74) is 7.91. The van der Waals surface area contributed by atoms with Gasteiger partial charge in [-0.05, 0) is 17.7 Å². The van der Waals surface area contributed by atoms with Gasteiger partial charge in [0.2, 0.25) is 5.88 Å². The van der Waals surface area contributed by atoms with Crippen LogP contribution in [0.3, 0.4) is 0 Å². The summed E-state index contributed by atoms with van der Waals surface area (Å²) < 4.78 is 16.0. The first kappa shape index (κ1) is 14.7. The van der Waals surface area contributed by atoms with Crippen LogP contribution in [0.4, 0.5) is 0 Å². The molecule has 0 radical (unpaired) electrons. The highest BCUT2D eigenvalue weighted by molar-refractivity contribution is 5.57. The highest BCUT2D eigenvalue weighted by Gasteiger charge is 2.31. The van der Waals surface area contributed by atoms with E-state index in [1.807, 2.05) is 18.2 Å². The number of nitrogens with zero attached hydrogens (tertiary/aromatic N) is 2. The van der Waals surface area contributed by atoms with E-state index in [1.165, 1.54) is 0 Å². The Morgan fingerprint density at radius 1 is 1.17 bits per heavy atom. The van der Waals surface area contributed by atoms with E-state index in [-0.39, 0.29) is 11.8 Å². The van der Waals surface area contributed by atoms with Gasteiger partial charge in [-0.2, -0.15) is 5.26 Å². The highest BCUT2D eigenvalue weighted by Crippen LogP contribution is 2.43. The quantitative estimate of drug-likeness (QED) is 0.935. The molecule has 0 saturated heterocycles. The molecule has 116 valence electrons.